The van der Waals surface area contributed by atoms with Crippen molar-refractivity contribution in [3.05, 3.63) is 94.9 Å². The van der Waals surface area contributed by atoms with Gasteiger partial charge >= 0.3 is 0 Å². The number of amides is 3. The van der Waals surface area contributed by atoms with E-state index in [1.54, 1.807) is 42.7 Å². The second kappa shape index (κ2) is 9.08. The molecule has 0 spiro atoms. The highest BCUT2D eigenvalue weighted by Crippen LogP contribution is 2.33. The SMILES string of the molecule is CC(=O)Nc1ccc(C2=C(Nc3ccc(C)cc3C)C(=O)N(Cc3cccnc3)C2=O)cc1. The van der Waals surface area contributed by atoms with Crippen molar-refractivity contribution in [2.75, 3.05) is 10.6 Å². The molecule has 1 aromatic heterocycles. The number of hydrogen-bond donors (Lipinski definition) is 2. The molecule has 166 valence electrons. The fourth-order valence-corrected chi connectivity index (χ4v) is 3.79. The minimum absolute atomic E-state index is 0.122. The first-order chi connectivity index (χ1) is 15.8. The molecule has 3 amide bonds. The van der Waals surface area contributed by atoms with Crippen LogP contribution >= 0.6 is 0 Å². The zero-order valence-corrected chi connectivity index (χ0v) is 18.7. The average molecular weight is 441 g/mol. The molecular weight excluding hydrogens is 416 g/mol. The van der Waals surface area contributed by atoms with Crippen molar-refractivity contribution in [3.8, 4) is 0 Å². The van der Waals surface area contributed by atoms with E-state index in [1.165, 1.54) is 11.8 Å². The van der Waals surface area contributed by atoms with Gasteiger partial charge in [0.2, 0.25) is 5.91 Å². The van der Waals surface area contributed by atoms with E-state index in [2.05, 4.69) is 15.6 Å². The maximum absolute atomic E-state index is 13.4. The number of aryl methyl sites for hydroxylation is 2. The number of pyridine rings is 1. The molecule has 0 radical (unpaired) electrons. The van der Waals surface area contributed by atoms with Crippen LogP contribution in [-0.4, -0.2) is 27.6 Å². The number of hydrogen-bond acceptors (Lipinski definition) is 5. The summed E-state index contributed by atoms with van der Waals surface area (Å²) in [6, 6.07) is 16.3. The Morgan fingerprint density at radius 3 is 2.39 bits per heavy atom. The largest absolute Gasteiger partial charge is 0.350 e. The molecule has 7 heteroatoms. The first kappa shape index (κ1) is 22.0. The van der Waals surface area contributed by atoms with Crippen molar-refractivity contribution in [1.29, 1.82) is 0 Å². The van der Waals surface area contributed by atoms with Gasteiger partial charge in [0.25, 0.3) is 11.8 Å². The number of nitrogens with one attached hydrogen (secondary N) is 2. The maximum Gasteiger partial charge on any atom is 0.278 e. The number of carbonyl (C=O) groups excluding carboxylic acids is 3. The van der Waals surface area contributed by atoms with E-state index in [0.29, 0.717) is 16.8 Å². The minimum atomic E-state index is -0.398. The van der Waals surface area contributed by atoms with Crippen LogP contribution in [-0.2, 0) is 20.9 Å². The Bertz CT molecular complexity index is 1260. The Kier molecular flexibility index (Phi) is 6.04. The predicted octanol–water partition coefficient (Wildman–Crippen LogP) is 4.05. The van der Waals surface area contributed by atoms with Crippen LogP contribution in [0, 0.1) is 13.8 Å². The zero-order chi connectivity index (χ0) is 23.5. The van der Waals surface area contributed by atoms with Gasteiger partial charge < -0.3 is 10.6 Å². The van der Waals surface area contributed by atoms with Gasteiger partial charge in [-0.1, -0.05) is 35.9 Å². The molecule has 1 aliphatic heterocycles. The van der Waals surface area contributed by atoms with Crippen LogP contribution in [0.2, 0.25) is 0 Å². The van der Waals surface area contributed by atoms with Crippen LogP contribution in [0.5, 0.6) is 0 Å². The van der Waals surface area contributed by atoms with E-state index in [-0.39, 0.29) is 24.1 Å². The molecule has 0 fully saturated rings. The van der Waals surface area contributed by atoms with E-state index < -0.39 is 5.91 Å². The highest BCUT2D eigenvalue weighted by Gasteiger charge is 2.39. The first-order valence-electron chi connectivity index (χ1n) is 10.5. The van der Waals surface area contributed by atoms with Crippen molar-refractivity contribution < 1.29 is 14.4 Å². The average Bonchev–Trinajstić information content (AvgIpc) is 3.01. The lowest BCUT2D eigenvalue weighted by atomic mass is 10.0. The lowest BCUT2D eigenvalue weighted by Gasteiger charge is -2.15. The Labute approximate surface area is 192 Å². The fraction of sp³-hybridized carbons (Fsp3) is 0.154. The van der Waals surface area contributed by atoms with Crippen LogP contribution in [0.1, 0.15) is 29.2 Å². The third-order valence-electron chi connectivity index (χ3n) is 5.37. The van der Waals surface area contributed by atoms with Crippen molar-refractivity contribution >= 4 is 34.7 Å². The summed E-state index contributed by atoms with van der Waals surface area (Å²) in [5, 5.41) is 5.92. The monoisotopic (exact) mass is 440 g/mol. The van der Waals surface area contributed by atoms with Crippen molar-refractivity contribution in [2.24, 2.45) is 0 Å². The molecule has 2 aromatic carbocycles. The van der Waals surface area contributed by atoms with Gasteiger partial charge in [-0.05, 0) is 54.8 Å². The highest BCUT2D eigenvalue weighted by atomic mass is 16.2. The summed E-state index contributed by atoms with van der Waals surface area (Å²) >= 11 is 0. The van der Waals surface area contributed by atoms with Gasteiger partial charge in [0.05, 0.1) is 12.1 Å². The molecule has 3 aromatic rings. The second-order valence-corrected chi connectivity index (χ2v) is 8.01. The van der Waals surface area contributed by atoms with Gasteiger partial charge in [0.1, 0.15) is 5.70 Å². The van der Waals surface area contributed by atoms with Crippen LogP contribution < -0.4 is 10.6 Å². The molecule has 0 atom stereocenters. The predicted molar refractivity (Wildman–Crippen MR) is 127 cm³/mol. The van der Waals surface area contributed by atoms with E-state index in [1.807, 2.05) is 38.1 Å². The number of imide groups is 1. The lowest BCUT2D eigenvalue weighted by molar-refractivity contribution is -0.137. The molecular formula is C26H24N4O3. The summed E-state index contributed by atoms with van der Waals surface area (Å²) in [5.74, 6) is -0.970. The van der Waals surface area contributed by atoms with Crippen molar-refractivity contribution in [3.63, 3.8) is 0 Å². The van der Waals surface area contributed by atoms with Gasteiger partial charge in [0, 0.05) is 30.7 Å². The molecule has 0 saturated carbocycles. The highest BCUT2D eigenvalue weighted by molar-refractivity contribution is 6.36. The van der Waals surface area contributed by atoms with E-state index in [9.17, 15) is 14.4 Å². The summed E-state index contributed by atoms with van der Waals surface area (Å²) in [5.41, 5.74) is 5.30. The fourth-order valence-electron chi connectivity index (χ4n) is 3.79. The third-order valence-corrected chi connectivity index (χ3v) is 5.37. The minimum Gasteiger partial charge on any atom is -0.350 e. The number of carbonyl (C=O) groups is 3. The Morgan fingerprint density at radius 2 is 1.76 bits per heavy atom. The summed E-state index contributed by atoms with van der Waals surface area (Å²) in [4.78, 5) is 43.5. The molecule has 2 N–H and O–H groups in total. The number of rotatable bonds is 6. The van der Waals surface area contributed by atoms with E-state index >= 15 is 0 Å². The number of nitrogens with zero attached hydrogens (tertiary/aromatic N) is 2. The van der Waals surface area contributed by atoms with Crippen molar-refractivity contribution in [2.45, 2.75) is 27.3 Å². The summed E-state index contributed by atoms with van der Waals surface area (Å²) in [6.07, 6.45) is 3.28. The first-order valence-corrected chi connectivity index (χ1v) is 10.5. The second-order valence-electron chi connectivity index (χ2n) is 8.01. The van der Waals surface area contributed by atoms with Gasteiger partial charge in [0.15, 0.2) is 0 Å². The molecule has 1 aliphatic rings. The Hall–Kier alpha value is -4.26. The molecule has 2 heterocycles. The normalized spacial score (nSPS) is 13.5. The summed E-state index contributed by atoms with van der Waals surface area (Å²) in [6.45, 7) is 5.50. The van der Waals surface area contributed by atoms with Crippen LogP contribution in [0.25, 0.3) is 5.57 Å². The molecule has 33 heavy (non-hydrogen) atoms. The smallest absolute Gasteiger partial charge is 0.278 e. The van der Waals surface area contributed by atoms with E-state index in [0.717, 1.165) is 22.4 Å². The van der Waals surface area contributed by atoms with Crippen LogP contribution in [0.15, 0.2) is 72.7 Å². The standard InChI is InChI=1S/C26H24N4O3/c1-16-6-11-22(17(2)13-16)29-24-23(20-7-9-21(10-8-20)28-18(3)31)25(32)30(26(24)33)15-19-5-4-12-27-14-19/h4-14,29H,15H2,1-3H3,(H,28,31). The molecule has 4 rings (SSSR count). The van der Waals surface area contributed by atoms with Crippen molar-refractivity contribution in [1.82, 2.24) is 9.88 Å². The lowest BCUT2D eigenvalue weighted by Crippen LogP contribution is -2.32. The molecule has 0 aliphatic carbocycles. The van der Waals surface area contributed by atoms with Gasteiger partial charge in [-0.2, -0.15) is 0 Å². The molecule has 0 saturated heterocycles. The van der Waals surface area contributed by atoms with Crippen LogP contribution in [0.4, 0.5) is 11.4 Å². The zero-order valence-electron chi connectivity index (χ0n) is 18.7. The quantitative estimate of drug-likeness (QED) is 0.565. The van der Waals surface area contributed by atoms with Gasteiger partial charge in [-0.3, -0.25) is 24.3 Å². The molecule has 7 nitrogen and oxygen atoms in total. The number of benzene rings is 2. The molecule has 0 unspecified atom stereocenters. The van der Waals surface area contributed by atoms with Crippen LogP contribution in [0.3, 0.4) is 0 Å². The maximum atomic E-state index is 13.4. The Morgan fingerprint density at radius 1 is 1.00 bits per heavy atom. The number of aromatic nitrogens is 1. The summed E-state index contributed by atoms with van der Waals surface area (Å²) in [7, 11) is 0. The number of anilines is 2. The topological polar surface area (TPSA) is 91.4 Å². The molecule has 0 bridgehead atoms. The van der Waals surface area contributed by atoms with Gasteiger partial charge in [-0.15, -0.1) is 0 Å². The van der Waals surface area contributed by atoms with Gasteiger partial charge in [-0.25, -0.2) is 0 Å². The van der Waals surface area contributed by atoms with E-state index in [4.69, 9.17) is 0 Å². The summed E-state index contributed by atoms with van der Waals surface area (Å²) < 4.78 is 0. The Balaban J connectivity index is 1.74. The third kappa shape index (κ3) is 4.67.